The lowest BCUT2D eigenvalue weighted by Gasteiger charge is -2.12. The first-order valence-electron chi connectivity index (χ1n) is 6.48. The third-order valence-electron chi connectivity index (χ3n) is 2.57. The lowest BCUT2D eigenvalue weighted by Crippen LogP contribution is -2.29. The van der Waals surface area contributed by atoms with Crippen molar-refractivity contribution in [2.75, 3.05) is 33.4 Å². The molecule has 1 amide bonds. The lowest BCUT2D eigenvalue weighted by molar-refractivity contribution is -0.122. The highest BCUT2D eigenvalue weighted by atomic mass is 79.9. The standard InChI is InChI=1S/C15H19BrN2O3/c1-3-6-18-15(19)11-21-14-5-4-13(16)9-12(14)10-17-7-8-20-2/h1,4-5,9,17H,6-8,10-11H2,2H3,(H,18,19). The van der Waals surface area contributed by atoms with E-state index in [-0.39, 0.29) is 19.1 Å². The summed E-state index contributed by atoms with van der Waals surface area (Å²) in [5.41, 5.74) is 0.963. The van der Waals surface area contributed by atoms with Gasteiger partial charge in [0, 0.05) is 30.2 Å². The van der Waals surface area contributed by atoms with Crippen LogP contribution in [0.4, 0.5) is 0 Å². The minimum absolute atomic E-state index is 0.0611. The van der Waals surface area contributed by atoms with E-state index < -0.39 is 0 Å². The summed E-state index contributed by atoms with van der Waals surface area (Å²) in [5, 5.41) is 5.79. The predicted octanol–water partition coefficient (Wildman–Crippen LogP) is 1.31. The summed E-state index contributed by atoms with van der Waals surface area (Å²) in [7, 11) is 1.66. The van der Waals surface area contributed by atoms with Gasteiger partial charge in [-0.2, -0.15) is 0 Å². The largest absolute Gasteiger partial charge is 0.483 e. The number of nitrogens with one attached hydrogen (secondary N) is 2. The molecule has 2 N–H and O–H groups in total. The zero-order chi connectivity index (χ0) is 15.5. The van der Waals surface area contributed by atoms with Crippen LogP contribution in [-0.4, -0.2) is 39.3 Å². The summed E-state index contributed by atoms with van der Waals surface area (Å²) in [6.45, 7) is 2.15. The third kappa shape index (κ3) is 7.14. The number of halogens is 1. The van der Waals surface area contributed by atoms with Gasteiger partial charge in [0.25, 0.3) is 5.91 Å². The molecule has 0 aliphatic rings. The summed E-state index contributed by atoms with van der Waals surface area (Å²) in [4.78, 5) is 11.5. The van der Waals surface area contributed by atoms with Crippen molar-refractivity contribution in [3.05, 3.63) is 28.2 Å². The Hall–Kier alpha value is -1.55. The first kappa shape index (κ1) is 17.5. The van der Waals surface area contributed by atoms with Crippen LogP contribution in [0.5, 0.6) is 5.75 Å². The van der Waals surface area contributed by atoms with Gasteiger partial charge in [0.1, 0.15) is 5.75 Å². The van der Waals surface area contributed by atoms with Crippen molar-refractivity contribution in [2.24, 2.45) is 0 Å². The fraction of sp³-hybridized carbons (Fsp3) is 0.400. The number of ether oxygens (including phenoxy) is 2. The molecule has 6 heteroatoms. The van der Waals surface area contributed by atoms with E-state index in [1.165, 1.54) is 0 Å². The second-order valence-corrected chi connectivity index (χ2v) is 5.11. The molecule has 0 atom stereocenters. The van der Waals surface area contributed by atoms with Gasteiger partial charge in [-0.25, -0.2) is 0 Å². The molecule has 0 spiro atoms. The van der Waals surface area contributed by atoms with Gasteiger partial charge in [-0.05, 0) is 18.2 Å². The van der Waals surface area contributed by atoms with Gasteiger partial charge in [-0.3, -0.25) is 4.79 Å². The normalized spacial score (nSPS) is 9.95. The molecule has 1 rings (SSSR count). The molecule has 5 nitrogen and oxygen atoms in total. The third-order valence-corrected chi connectivity index (χ3v) is 3.06. The van der Waals surface area contributed by atoms with E-state index in [0.29, 0.717) is 18.9 Å². The van der Waals surface area contributed by atoms with Crippen LogP contribution in [-0.2, 0) is 16.1 Å². The molecule has 114 valence electrons. The molecular weight excluding hydrogens is 336 g/mol. The van der Waals surface area contributed by atoms with Gasteiger partial charge in [0.2, 0.25) is 0 Å². The smallest absolute Gasteiger partial charge is 0.258 e. The second kappa shape index (κ2) is 10.2. The minimum atomic E-state index is -0.242. The second-order valence-electron chi connectivity index (χ2n) is 4.19. The number of benzene rings is 1. The summed E-state index contributed by atoms with van der Waals surface area (Å²) >= 11 is 3.42. The predicted molar refractivity (Wildman–Crippen MR) is 85.1 cm³/mol. The molecule has 0 aromatic heterocycles. The monoisotopic (exact) mass is 354 g/mol. The van der Waals surface area contributed by atoms with Crippen LogP contribution < -0.4 is 15.4 Å². The minimum Gasteiger partial charge on any atom is -0.483 e. The highest BCUT2D eigenvalue weighted by Crippen LogP contribution is 2.23. The Kier molecular flexibility index (Phi) is 8.51. The molecule has 1 aromatic carbocycles. The SMILES string of the molecule is C#CCNC(=O)COc1ccc(Br)cc1CNCCOC. The maximum absolute atomic E-state index is 11.5. The molecule has 0 fully saturated rings. The number of hydrogen-bond acceptors (Lipinski definition) is 4. The number of terminal acetylenes is 1. The van der Waals surface area contributed by atoms with E-state index in [0.717, 1.165) is 16.6 Å². The number of hydrogen-bond donors (Lipinski definition) is 2. The first-order chi connectivity index (χ1) is 10.2. The Morgan fingerprint density at radius 3 is 3.00 bits per heavy atom. The fourth-order valence-corrected chi connectivity index (χ4v) is 1.98. The number of carbonyl (C=O) groups is 1. The Labute approximate surface area is 133 Å². The van der Waals surface area contributed by atoms with E-state index in [1.54, 1.807) is 7.11 Å². The van der Waals surface area contributed by atoms with Crippen molar-refractivity contribution >= 4 is 21.8 Å². The maximum atomic E-state index is 11.5. The molecule has 0 bridgehead atoms. The molecule has 0 heterocycles. The van der Waals surface area contributed by atoms with Crippen LogP contribution in [0.25, 0.3) is 0 Å². The summed E-state index contributed by atoms with van der Waals surface area (Å²) in [6.07, 6.45) is 5.08. The van der Waals surface area contributed by atoms with Crippen LogP contribution in [0.3, 0.4) is 0 Å². The fourth-order valence-electron chi connectivity index (χ4n) is 1.57. The summed E-state index contributed by atoms with van der Waals surface area (Å²) in [5.74, 6) is 2.76. The molecule has 0 aliphatic carbocycles. The van der Waals surface area contributed by atoms with E-state index >= 15 is 0 Å². The van der Waals surface area contributed by atoms with E-state index in [2.05, 4.69) is 32.5 Å². The number of carbonyl (C=O) groups excluding carboxylic acids is 1. The van der Waals surface area contributed by atoms with Crippen molar-refractivity contribution in [1.82, 2.24) is 10.6 Å². The van der Waals surface area contributed by atoms with Crippen LogP contribution >= 0.6 is 15.9 Å². The molecule has 0 aliphatic heterocycles. The van der Waals surface area contributed by atoms with Gasteiger partial charge >= 0.3 is 0 Å². The van der Waals surface area contributed by atoms with Gasteiger partial charge < -0.3 is 20.1 Å². The van der Waals surface area contributed by atoms with Crippen LogP contribution in [0.1, 0.15) is 5.56 Å². The summed E-state index contributed by atoms with van der Waals surface area (Å²) in [6, 6.07) is 5.65. The number of rotatable bonds is 9. The average Bonchev–Trinajstić information content (AvgIpc) is 2.48. The number of amides is 1. The Bertz CT molecular complexity index is 500. The molecule has 0 radical (unpaired) electrons. The van der Waals surface area contributed by atoms with Gasteiger partial charge in [-0.1, -0.05) is 21.9 Å². The quantitative estimate of drug-likeness (QED) is 0.518. The van der Waals surface area contributed by atoms with Crippen molar-refractivity contribution in [3.63, 3.8) is 0 Å². The first-order valence-corrected chi connectivity index (χ1v) is 7.27. The number of methoxy groups -OCH3 is 1. The topological polar surface area (TPSA) is 59.6 Å². The molecule has 1 aromatic rings. The Morgan fingerprint density at radius 1 is 1.48 bits per heavy atom. The van der Waals surface area contributed by atoms with Crippen LogP contribution in [0.2, 0.25) is 0 Å². The van der Waals surface area contributed by atoms with Crippen LogP contribution in [0, 0.1) is 12.3 Å². The van der Waals surface area contributed by atoms with Crippen molar-refractivity contribution in [1.29, 1.82) is 0 Å². The van der Waals surface area contributed by atoms with Crippen molar-refractivity contribution < 1.29 is 14.3 Å². The zero-order valence-corrected chi connectivity index (χ0v) is 13.5. The van der Waals surface area contributed by atoms with Gasteiger partial charge in [0.15, 0.2) is 6.61 Å². The van der Waals surface area contributed by atoms with Crippen LogP contribution in [0.15, 0.2) is 22.7 Å². The average molecular weight is 355 g/mol. The Balaban J connectivity index is 2.55. The molecule has 0 saturated heterocycles. The highest BCUT2D eigenvalue weighted by Gasteiger charge is 2.07. The zero-order valence-electron chi connectivity index (χ0n) is 11.9. The Morgan fingerprint density at radius 2 is 2.29 bits per heavy atom. The van der Waals surface area contributed by atoms with Crippen molar-refractivity contribution in [2.45, 2.75) is 6.54 Å². The lowest BCUT2D eigenvalue weighted by atomic mass is 10.2. The molecule has 0 unspecified atom stereocenters. The summed E-state index contributed by atoms with van der Waals surface area (Å²) < 4.78 is 11.5. The van der Waals surface area contributed by atoms with Gasteiger partial charge in [0.05, 0.1) is 13.2 Å². The van der Waals surface area contributed by atoms with Crippen molar-refractivity contribution in [3.8, 4) is 18.1 Å². The molecule has 0 saturated carbocycles. The van der Waals surface area contributed by atoms with E-state index in [4.69, 9.17) is 15.9 Å². The molecular formula is C15H19BrN2O3. The van der Waals surface area contributed by atoms with Gasteiger partial charge in [-0.15, -0.1) is 6.42 Å². The molecule has 21 heavy (non-hydrogen) atoms. The van der Waals surface area contributed by atoms with E-state index in [1.807, 2.05) is 18.2 Å². The maximum Gasteiger partial charge on any atom is 0.258 e. The van der Waals surface area contributed by atoms with E-state index in [9.17, 15) is 4.79 Å². The highest BCUT2D eigenvalue weighted by molar-refractivity contribution is 9.10.